The lowest BCUT2D eigenvalue weighted by Gasteiger charge is -2.17. The summed E-state index contributed by atoms with van der Waals surface area (Å²) in [6.45, 7) is 2.10. The quantitative estimate of drug-likeness (QED) is 0.414. The van der Waals surface area contributed by atoms with E-state index in [2.05, 4.69) is 34.9 Å². The molecule has 3 rings (SSSR count). The van der Waals surface area contributed by atoms with Crippen LogP contribution < -0.4 is 10.6 Å². The molecule has 8 heteroatoms. The van der Waals surface area contributed by atoms with E-state index in [0.29, 0.717) is 13.0 Å². The Morgan fingerprint density at radius 1 is 1.00 bits per heavy atom. The Kier molecular flexibility index (Phi) is 8.43. The predicted octanol–water partition coefficient (Wildman–Crippen LogP) is 2.89. The molecule has 0 saturated heterocycles. The molecule has 0 aliphatic heterocycles. The zero-order chi connectivity index (χ0) is 23.8. The normalized spacial score (nSPS) is 14.0. The molecular formula is C25H30N2O6. The second kappa shape index (κ2) is 11.5. The molecule has 0 bridgehead atoms. The molecule has 0 spiro atoms. The molecule has 0 radical (unpaired) electrons. The average molecular weight is 455 g/mol. The Morgan fingerprint density at radius 3 is 2.18 bits per heavy atom. The van der Waals surface area contributed by atoms with Gasteiger partial charge in [0.15, 0.2) is 0 Å². The molecular weight excluding hydrogens is 424 g/mol. The number of aliphatic carboxylic acids is 1. The third kappa shape index (κ3) is 6.32. The number of fused-ring (bicyclic) bond motifs is 3. The lowest BCUT2D eigenvalue weighted by Crippen LogP contribution is -2.42. The highest BCUT2D eigenvalue weighted by molar-refractivity contribution is 5.83. The smallest absolute Gasteiger partial charge is 0.407 e. The van der Waals surface area contributed by atoms with Gasteiger partial charge in [-0.05, 0) is 34.6 Å². The minimum absolute atomic E-state index is 0.00753. The van der Waals surface area contributed by atoms with Crippen LogP contribution in [0.3, 0.4) is 0 Å². The Labute approximate surface area is 193 Å². The molecule has 4 N–H and O–H groups in total. The first-order valence-corrected chi connectivity index (χ1v) is 11.1. The second-order valence-electron chi connectivity index (χ2n) is 8.32. The van der Waals surface area contributed by atoms with E-state index in [0.717, 1.165) is 11.1 Å². The molecule has 2 amide bonds. The summed E-state index contributed by atoms with van der Waals surface area (Å²) in [5.74, 6) is -1.65. The number of hydrogen-bond donors (Lipinski definition) is 4. The first-order chi connectivity index (χ1) is 15.9. The molecule has 1 unspecified atom stereocenters. The van der Waals surface area contributed by atoms with Crippen molar-refractivity contribution in [3.05, 3.63) is 59.7 Å². The number of carbonyl (C=O) groups is 3. The Morgan fingerprint density at radius 2 is 1.61 bits per heavy atom. The van der Waals surface area contributed by atoms with E-state index in [-0.39, 0.29) is 37.9 Å². The number of ether oxygens (including phenoxy) is 1. The number of aliphatic hydroxyl groups excluding tert-OH is 1. The summed E-state index contributed by atoms with van der Waals surface area (Å²) in [5, 5.41) is 23.1. The third-order valence-electron chi connectivity index (χ3n) is 5.84. The van der Waals surface area contributed by atoms with E-state index in [1.165, 1.54) is 11.1 Å². The fourth-order valence-electron chi connectivity index (χ4n) is 4.13. The summed E-state index contributed by atoms with van der Waals surface area (Å²) in [4.78, 5) is 35.3. The van der Waals surface area contributed by atoms with Crippen LogP contribution in [0.2, 0.25) is 0 Å². The molecule has 0 heterocycles. The van der Waals surface area contributed by atoms with Crippen LogP contribution in [0.4, 0.5) is 4.79 Å². The minimum atomic E-state index is -1.18. The van der Waals surface area contributed by atoms with Crippen molar-refractivity contribution in [2.75, 3.05) is 19.8 Å². The van der Waals surface area contributed by atoms with E-state index in [9.17, 15) is 14.4 Å². The van der Waals surface area contributed by atoms with Crippen molar-refractivity contribution in [2.24, 2.45) is 5.92 Å². The maximum Gasteiger partial charge on any atom is 0.407 e. The van der Waals surface area contributed by atoms with Crippen molar-refractivity contribution in [3.8, 4) is 11.1 Å². The number of alkyl carbamates (subject to hydrolysis) is 1. The van der Waals surface area contributed by atoms with Gasteiger partial charge in [-0.1, -0.05) is 55.5 Å². The zero-order valence-electron chi connectivity index (χ0n) is 18.6. The number of nitrogens with one attached hydrogen (secondary N) is 2. The van der Waals surface area contributed by atoms with E-state index < -0.39 is 24.0 Å². The van der Waals surface area contributed by atoms with Crippen molar-refractivity contribution in [2.45, 2.75) is 38.1 Å². The SMILES string of the molecule is CC(CCNC(=O)OCC1c2ccccc2-c2ccccc21)CC(=O)N[C@H](CCO)C(=O)O. The zero-order valence-corrected chi connectivity index (χ0v) is 18.6. The van der Waals surface area contributed by atoms with Crippen LogP contribution in [0.1, 0.15) is 43.2 Å². The van der Waals surface area contributed by atoms with Gasteiger partial charge in [-0.2, -0.15) is 0 Å². The first kappa shape index (κ1) is 24.3. The van der Waals surface area contributed by atoms with Crippen LogP contribution in [0.15, 0.2) is 48.5 Å². The highest BCUT2D eigenvalue weighted by Gasteiger charge is 2.29. The number of hydrogen-bond acceptors (Lipinski definition) is 5. The summed E-state index contributed by atoms with van der Waals surface area (Å²) in [7, 11) is 0. The van der Waals surface area contributed by atoms with Gasteiger partial charge in [-0.15, -0.1) is 0 Å². The molecule has 1 aliphatic carbocycles. The van der Waals surface area contributed by atoms with E-state index in [4.69, 9.17) is 14.9 Å². The molecule has 0 aromatic heterocycles. The van der Waals surface area contributed by atoms with Crippen LogP contribution in [0.25, 0.3) is 11.1 Å². The van der Waals surface area contributed by atoms with Gasteiger partial charge >= 0.3 is 12.1 Å². The number of amides is 2. The number of carbonyl (C=O) groups excluding carboxylic acids is 2. The van der Waals surface area contributed by atoms with Crippen molar-refractivity contribution in [1.29, 1.82) is 0 Å². The van der Waals surface area contributed by atoms with Gasteiger partial charge in [0.25, 0.3) is 0 Å². The third-order valence-corrected chi connectivity index (χ3v) is 5.84. The molecule has 2 atom stereocenters. The Bertz CT molecular complexity index is 947. The number of aliphatic hydroxyl groups is 1. The van der Waals surface area contributed by atoms with Crippen LogP contribution in [-0.4, -0.2) is 54.0 Å². The summed E-state index contributed by atoms with van der Waals surface area (Å²) >= 11 is 0. The molecule has 2 aromatic carbocycles. The maximum absolute atomic E-state index is 12.2. The molecule has 0 fully saturated rings. The van der Waals surface area contributed by atoms with Gasteiger partial charge < -0.3 is 25.6 Å². The summed E-state index contributed by atoms with van der Waals surface area (Å²) < 4.78 is 5.49. The monoisotopic (exact) mass is 454 g/mol. The number of rotatable bonds is 11. The van der Waals surface area contributed by atoms with E-state index >= 15 is 0 Å². The fraction of sp³-hybridized carbons (Fsp3) is 0.400. The molecule has 176 valence electrons. The van der Waals surface area contributed by atoms with Crippen molar-refractivity contribution >= 4 is 18.0 Å². The summed E-state index contributed by atoms with van der Waals surface area (Å²) in [5.41, 5.74) is 4.62. The largest absolute Gasteiger partial charge is 0.480 e. The van der Waals surface area contributed by atoms with Crippen molar-refractivity contribution in [1.82, 2.24) is 10.6 Å². The van der Waals surface area contributed by atoms with E-state index in [1.807, 2.05) is 31.2 Å². The number of carboxylic acid groups (broad SMARTS) is 1. The van der Waals surface area contributed by atoms with E-state index in [1.54, 1.807) is 0 Å². The molecule has 8 nitrogen and oxygen atoms in total. The topological polar surface area (TPSA) is 125 Å². The van der Waals surface area contributed by atoms with Crippen LogP contribution in [-0.2, 0) is 14.3 Å². The van der Waals surface area contributed by atoms with Gasteiger partial charge in [0.1, 0.15) is 12.6 Å². The second-order valence-corrected chi connectivity index (χ2v) is 8.32. The maximum atomic E-state index is 12.2. The summed E-state index contributed by atoms with van der Waals surface area (Å²) in [6.07, 6.45) is 0.109. The van der Waals surface area contributed by atoms with Gasteiger partial charge in [-0.3, -0.25) is 4.79 Å². The first-order valence-electron chi connectivity index (χ1n) is 11.1. The average Bonchev–Trinajstić information content (AvgIpc) is 3.11. The van der Waals surface area contributed by atoms with Crippen molar-refractivity contribution in [3.63, 3.8) is 0 Å². The minimum Gasteiger partial charge on any atom is -0.480 e. The van der Waals surface area contributed by atoms with Crippen molar-refractivity contribution < 1.29 is 29.3 Å². The van der Waals surface area contributed by atoms with Crippen LogP contribution in [0.5, 0.6) is 0 Å². The lowest BCUT2D eigenvalue weighted by molar-refractivity contribution is -0.142. The highest BCUT2D eigenvalue weighted by Crippen LogP contribution is 2.44. The number of carboxylic acids is 1. The standard InChI is InChI=1S/C25H30N2O6/c1-16(14-23(29)27-22(11-13-28)24(30)31)10-12-26-25(32)33-15-21-19-8-4-2-6-17(19)18-7-3-5-9-20(18)21/h2-9,16,21-22,28H,10-15H2,1H3,(H,26,32)(H,27,29)(H,30,31)/t16?,22-/m1/s1. The van der Waals surface area contributed by atoms with Gasteiger partial charge in [0, 0.05) is 31.9 Å². The molecule has 2 aromatic rings. The molecule has 1 aliphatic rings. The predicted molar refractivity (Wildman–Crippen MR) is 123 cm³/mol. The van der Waals surface area contributed by atoms with Gasteiger partial charge in [0.2, 0.25) is 5.91 Å². The van der Waals surface area contributed by atoms with Gasteiger partial charge in [-0.25, -0.2) is 9.59 Å². The summed E-state index contributed by atoms with van der Waals surface area (Å²) in [6, 6.07) is 15.1. The fourth-order valence-corrected chi connectivity index (χ4v) is 4.13. The highest BCUT2D eigenvalue weighted by atomic mass is 16.5. The Balaban J connectivity index is 1.41. The molecule has 0 saturated carbocycles. The Hall–Kier alpha value is -3.39. The van der Waals surface area contributed by atoms with Gasteiger partial charge in [0.05, 0.1) is 0 Å². The molecule has 33 heavy (non-hydrogen) atoms. The number of benzene rings is 2. The van der Waals surface area contributed by atoms with Crippen LogP contribution >= 0.6 is 0 Å². The lowest BCUT2D eigenvalue weighted by atomic mass is 9.98. The van der Waals surface area contributed by atoms with Crippen LogP contribution in [0, 0.1) is 5.92 Å².